The molecule has 0 saturated heterocycles. The Morgan fingerprint density at radius 1 is 1.04 bits per heavy atom. The highest BCUT2D eigenvalue weighted by molar-refractivity contribution is 5.88. The number of benzene rings is 2. The first-order chi connectivity index (χ1) is 13.2. The van der Waals surface area contributed by atoms with Gasteiger partial charge in [-0.25, -0.2) is 4.68 Å². The quantitative estimate of drug-likeness (QED) is 0.683. The van der Waals surface area contributed by atoms with Gasteiger partial charge in [-0.15, -0.1) is 0 Å². The lowest BCUT2D eigenvalue weighted by molar-refractivity contribution is -0.114. The number of phenolic OH excluding ortho intramolecular Hbond substituents is 1. The van der Waals surface area contributed by atoms with Gasteiger partial charge in [0.05, 0.1) is 11.4 Å². The van der Waals surface area contributed by atoms with E-state index in [1.165, 1.54) is 19.1 Å². The van der Waals surface area contributed by atoms with Crippen LogP contribution in [0.5, 0.6) is 5.75 Å². The molecular formula is C21H26N4O3. The maximum absolute atomic E-state index is 12.4. The molecule has 0 aliphatic heterocycles. The molecule has 3 rings (SSSR count). The van der Waals surface area contributed by atoms with Crippen LogP contribution in [-0.2, 0) is 11.8 Å². The molecule has 0 aliphatic carbocycles. The molecule has 0 fully saturated rings. The summed E-state index contributed by atoms with van der Waals surface area (Å²) in [5.74, 6) is 0.0785. The molecule has 0 aliphatic rings. The van der Waals surface area contributed by atoms with Crippen LogP contribution in [0.4, 0.5) is 11.4 Å². The smallest absolute Gasteiger partial charge is 0.295 e. The van der Waals surface area contributed by atoms with Crippen molar-refractivity contribution in [2.45, 2.75) is 13.8 Å². The topological polar surface area (TPSA) is 79.5 Å². The van der Waals surface area contributed by atoms with Crippen LogP contribution in [-0.4, -0.2) is 34.5 Å². The molecule has 148 valence electrons. The first kappa shape index (κ1) is 20.8. The average Bonchev–Trinajstić information content (AvgIpc) is 2.87. The number of amides is 1. The number of carbonyl (C=O) groups is 1. The van der Waals surface area contributed by atoms with Crippen LogP contribution in [0.1, 0.15) is 12.6 Å². The minimum absolute atomic E-state index is 0.0150. The molecule has 0 bridgehead atoms. The molecule has 28 heavy (non-hydrogen) atoms. The molecule has 7 heteroatoms. The molecule has 0 spiro atoms. The summed E-state index contributed by atoms with van der Waals surface area (Å²) in [6, 6.07) is 16.0. The van der Waals surface area contributed by atoms with E-state index in [0.29, 0.717) is 5.69 Å². The standard InChI is InChI=1S/C13H17N3O.C8H9NO2/c1-10-12(14(2)3)13(17)16(15(10)4)11-8-6-5-7-9-11;1-6(10)9-7-2-4-8(11)5-3-7/h5-9H,1-4H3;2-5,11H,1H3,(H,9,10). The summed E-state index contributed by atoms with van der Waals surface area (Å²) in [7, 11) is 5.68. The Kier molecular flexibility index (Phi) is 6.65. The van der Waals surface area contributed by atoms with E-state index in [0.717, 1.165) is 17.1 Å². The number of para-hydroxylation sites is 1. The normalized spacial score (nSPS) is 10.0. The molecular weight excluding hydrogens is 356 g/mol. The van der Waals surface area contributed by atoms with E-state index in [1.54, 1.807) is 16.8 Å². The van der Waals surface area contributed by atoms with Gasteiger partial charge in [0, 0.05) is 33.8 Å². The van der Waals surface area contributed by atoms with Crippen molar-refractivity contribution in [1.82, 2.24) is 9.36 Å². The van der Waals surface area contributed by atoms with Crippen LogP contribution < -0.4 is 15.8 Å². The number of carbonyl (C=O) groups excluding carboxylic acids is 1. The number of hydrogen-bond acceptors (Lipinski definition) is 4. The third kappa shape index (κ3) is 4.82. The SMILES string of the molecule is CC(=O)Nc1ccc(O)cc1.Cc1c(N(C)C)c(=O)n(-c2ccccc2)n1C. The largest absolute Gasteiger partial charge is 0.508 e. The maximum Gasteiger partial charge on any atom is 0.295 e. The predicted octanol–water partition coefficient (Wildman–Crippen LogP) is 2.90. The highest BCUT2D eigenvalue weighted by atomic mass is 16.3. The lowest BCUT2D eigenvalue weighted by Crippen LogP contribution is -2.23. The summed E-state index contributed by atoms with van der Waals surface area (Å²) in [5, 5.41) is 11.5. The third-order valence-electron chi connectivity index (χ3n) is 4.16. The van der Waals surface area contributed by atoms with Crippen molar-refractivity contribution in [2.75, 3.05) is 24.3 Å². The first-order valence-corrected chi connectivity index (χ1v) is 8.80. The number of nitrogens with zero attached hydrogens (tertiary/aromatic N) is 3. The monoisotopic (exact) mass is 382 g/mol. The second kappa shape index (κ2) is 8.94. The van der Waals surface area contributed by atoms with Gasteiger partial charge in [-0.3, -0.25) is 14.3 Å². The van der Waals surface area contributed by atoms with Crippen LogP contribution in [0.2, 0.25) is 0 Å². The van der Waals surface area contributed by atoms with E-state index in [2.05, 4.69) is 5.32 Å². The molecule has 7 nitrogen and oxygen atoms in total. The molecule has 2 aromatic carbocycles. The van der Waals surface area contributed by atoms with Gasteiger partial charge in [0.2, 0.25) is 5.91 Å². The van der Waals surface area contributed by atoms with Crippen molar-refractivity contribution >= 4 is 17.3 Å². The lowest BCUT2D eigenvalue weighted by Gasteiger charge is -2.09. The Morgan fingerprint density at radius 2 is 1.61 bits per heavy atom. The third-order valence-corrected chi connectivity index (χ3v) is 4.16. The van der Waals surface area contributed by atoms with E-state index in [-0.39, 0.29) is 17.2 Å². The highest BCUT2D eigenvalue weighted by Gasteiger charge is 2.16. The lowest BCUT2D eigenvalue weighted by atomic mass is 10.3. The Bertz CT molecular complexity index is 987. The number of aromatic hydroxyl groups is 1. The van der Waals surface area contributed by atoms with Crippen LogP contribution in [0.15, 0.2) is 59.4 Å². The van der Waals surface area contributed by atoms with Gasteiger partial charge in [-0.1, -0.05) is 18.2 Å². The summed E-state index contributed by atoms with van der Waals surface area (Å²) in [6.45, 7) is 3.39. The molecule has 1 aromatic heterocycles. The van der Waals surface area contributed by atoms with Gasteiger partial charge in [-0.2, -0.15) is 0 Å². The fraction of sp³-hybridized carbons (Fsp3) is 0.238. The van der Waals surface area contributed by atoms with Crippen molar-refractivity contribution in [1.29, 1.82) is 0 Å². The van der Waals surface area contributed by atoms with Crippen molar-refractivity contribution in [3.05, 3.63) is 70.6 Å². The molecule has 0 radical (unpaired) electrons. The number of phenols is 1. The van der Waals surface area contributed by atoms with E-state index in [9.17, 15) is 9.59 Å². The average molecular weight is 382 g/mol. The number of hydrogen-bond donors (Lipinski definition) is 2. The summed E-state index contributed by atoms with van der Waals surface area (Å²) < 4.78 is 3.57. The second-order valence-electron chi connectivity index (χ2n) is 6.53. The van der Waals surface area contributed by atoms with Crippen molar-refractivity contribution in [3.63, 3.8) is 0 Å². The van der Waals surface area contributed by atoms with Crippen LogP contribution in [0.3, 0.4) is 0 Å². The summed E-state index contributed by atoms with van der Waals surface area (Å²) >= 11 is 0. The fourth-order valence-electron chi connectivity index (χ4n) is 2.82. The molecule has 2 N–H and O–H groups in total. The minimum Gasteiger partial charge on any atom is -0.508 e. The maximum atomic E-state index is 12.4. The van der Waals surface area contributed by atoms with E-state index in [1.807, 2.05) is 68.0 Å². The summed E-state index contributed by atoms with van der Waals surface area (Å²) in [5.41, 5.74) is 3.29. The van der Waals surface area contributed by atoms with Crippen LogP contribution in [0, 0.1) is 6.92 Å². The van der Waals surface area contributed by atoms with Gasteiger partial charge in [-0.05, 0) is 43.3 Å². The van der Waals surface area contributed by atoms with Gasteiger partial charge >= 0.3 is 0 Å². The zero-order valence-corrected chi connectivity index (χ0v) is 16.8. The molecule has 0 unspecified atom stereocenters. The zero-order valence-electron chi connectivity index (χ0n) is 16.8. The summed E-state index contributed by atoms with van der Waals surface area (Å²) in [6.07, 6.45) is 0. The Labute approximate surface area is 164 Å². The molecule has 0 atom stereocenters. The Balaban J connectivity index is 0.000000221. The van der Waals surface area contributed by atoms with E-state index in [4.69, 9.17) is 5.11 Å². The molecule has 1 heterocycles. The highest BCUT2D eigenvalue weighted by Crippen LogP contribution is 2.15. The van der Waals surface area contributed by atoms with E-state index >= 15 is 0 Å². The van der Waals surface area contributed by atoms with E-state index < -0.39 is 0 Å². The molecule has 3 aromatic rings. The van der Waals surface area contributed by atoms with Crippen molar-refractivity contribution in [2.24, 2.45) is 7.05 Å². The first-order valence-electron chi connectivity index (χ1n) is 8.80. The van der Waals surface area contributed by atoms with Crippen LogP contribution >= 0.6 is 0 Å². The van der Waals surface area contributed by atoms with Gasteiger partial charge in [0.25, 0.3) is 5.56 Å². The zero-order chi connectivity index (χ0) is 20.8. The van der Waals surface area contributed by atoms with Gasteiger partial charge in [0.15, 0.2) is 0 Å². The number of anilines is 2. The number of rotatable bonds is 3. The number of aromatic nitrogens is 2. The van der Waals surface area contributed by atoms with Gasteiger partial charge in [0.1, 0.15) is 11.4 Å². The molecule has 0 saturated carbocycles. The van der Waals surface area contributed by atoms with Crippen molar-refractivity contribution < 1.29 is 9.90 Å². The van der Waals surface area contributed by atoms with Crippen LogP contribution in [0.25, 0.3) is 5.69 Å². The number of nitrogens with one attached hydrogen (secondary N) is 1. The predicted molar refractivity (Wildman–Crippen MR) is 112 cm³/mol. The molecule has 1 amide bonds. The fourth-order valence-corrected chi connectivity index (χ4v) is 2.82. The van der Waals surface area contributed by atoms with Crippen molar-refractivity contribution in [3.8, 4) is 11.4 Å². The Hall–Kier alpha value is -3.48. The second-order valence-corrected chi connectivity index (χ2v) is 6.53. The Morgan fingerprint density at radius 3 is 2.07 bits per heavy atom. The van der Waals surface area contributed by atoms with Gasteiger partial charge < -0.3 is 15.3 Å². The minimum atomic E-state index is -0.115. The summed E-state index contributed by atoms with van der Waals surface area (Å²) in [4.78, 5) is 24.7.